The number of allylic oxidation sites excluding steroid dienone is 1. The Bertz CT molecular complexity index is 1260. The molecule has 0 aliphatic heterocycles. The van der Waals surface area contributed by atoms with Gasteiger partial charge in [-0.25, -0.2) is 4.99 Å². The van der Waals surface area contributed by atoms with Gasteiger partial charge in [-0.2, -0.15) is 0 Å². The van der Waals surface area contributed by atoms with Gasteiger partial charge in [0.25, 0.3) is 0 Å². The zero-order valence-electron chi connectivity index (χ0n) is 23.2. The third-order valence-electron chi connectivity index (χ3n) is 5.45. The van der Waals surface area contributed by atoms with Crippen LogP contribution in [-0.2, 0) is 4.79 Å². The fourth-order valence-corrected chi connectivity index (χ4v) is 3.88. The molecule has 0 fully saturated rings. The van der Waals surface area contributed by atoms with Gasteiger partial charge in [0, 0.05) is 44.2 Å². The van der Waals surface area contributed by atoms with E-state index >= 15 is 0 Å². The summed E-state index contributed by atoms with van der Waals surface area (Å²) in [5, 5.41) is 10.1. The van der Waals surface area contributed by atoms with Crippen LogP contribution in [0.15, 0.2) is 66.5 Å². The van der Waals surface area contributed by atoms with Crippen LogP contribution in [0.2, 0.25) is 10.0 Å². The summed E-state index contributed by atoms with van der Waals surface area (Å²) in [7, 11) is 9.09. The average molecular weight is 576 g/mol. The van der Waals surface area contributed by atoms with Gasteiger partial charge in [0.2, 0.25) is 5.91 Å². The minimum atomic E-state index is -0.314. The van der Waals surface area contributed by atoms with Crippen LogP contribution in [0.25, 0.3) is 0 Å². The maximum absolute atomic E-state index is 12.1. The summed E-state index contributed by atoms with van der Waals surface area (Å²) < 4.78 is 10.9. The Morgan fingerprint density at radius 3 is 2.26 bits per heavy atom. The van der Waals surface area contributed by atoms with Crippen molar-refractivity contribution < 1.29 is 14.3 Å². The number of nitrogens with one attached hydrogen (secondary N) is 3. The number of halogens is 2. The first-order valence-corrected chi connectivity index (χ1v) is 12.7. The normalized spacial score (nSPS) is 11.4. The van der Waals surface area contributed by atoms with E-state index in [4.69, 9.17) is 32.7 Å². The summed E-state index contributed by atoms with van der Waals surface area (Å²) in [4.78, 5) is 20.7. The van der Waals surface area contributed by atoms with Gasteiger partial charge in [-0.3, -0.25) is 4.79 Å². The number of nitrogens with zero attached hydrogens (tertiary/aromatic N) is 3. The van der Waals surface area contributed by atoms with Crippen molar-refractivity contribution in [2.24, 2.45) is 4.99 Å². The number of rotatable bonds is 13. The van der Waals surface area contributed by atoms with Crippen molar-refractivity contribution in [3.8, 4) is 11.5 Å². The first-order valence-electron chi connectivity index (χ1n) is 12.0. The van der Waals surface area contributed by atoms with Crippen LogP contribution >= 0.6 is 23.2 Å². The predicted octanol–water partition coefficient (Wildman–Crippen LogP) is 6.10. The van der Waals surface area contributed by atoms with Crippen LogP contribution in [0.5, 0.6) is 11.5 Å². The second-order valence-electron chi connectivity index (χ2n) is 8.76. The van der Waals surface area contributed by atoms with Crippen molar-refractivity contribution in [1.29, 1.82) is 0 Å². The quantitative estimate of drug-likeness (QED) is 0.115. The molecule has 0 spiro atoms. The van der Waals surface area contributed by atoms with E-state index in [-0.39, 0.29) is 5.91 Å². The molecule has 0 atom stereocenters. The molecule has 0 unspecified atom stereocenters. The fourth-order valence-electron chi connectivity index (χ4n) is 3.37. The van der Waals surface area contributed by atoms with Crippen LogP contribution in [0.3, 0.4) is 0 Å². The molecule has 9 nitrogen and oxygen atoms in total. The molecule has 0 aliphatic rings. The molecular formula is C28H36Cl2N6O3. The SMILES string of the molecule is C=CC(=O)Nc1cc(NC(C)=N/C=C\C(=C)Nc2cc(OC)c(Cl)cc2Cl)c(OC)cc1N(C)CCN(C)C. The molecule has 2 aromatic rings. The molecule has 210 valence electrons. The smallest absolute Gasteiger partial charge is 0.247 e. The lowest BCUT2D eigenvalue weighted by atomic mass is 10.2. The number of ether oxygens (including phenoxy) is 2. The highest BCUT2D eigenvalue weighted by Crippen LogP contribution is 2.37. The van der Waals surface area contributed by atoms with Crippen LogP contribution in [0.1, 0.15) is 6.92 Å². The zero-order chi connectivity index (χ0) is 29.1. The Morgan fingerprint density at radius 1 is 0.949 bits per heavy atom. The highest BCUT2D eigenvalue weighted by Gasteiger charge is 2.16. The zero-order valence-corrected chi connectivity index (χ0v) is 24.7. The Balaban J connectivity index is 2.23. The van der Waals surface area contributed by atoms with Crippen molar-refractivity contribution in [2.45, 2.75) is 6.92 Å². The number of hydrogen-bond donors (Lipinski definition) is 3. The van der Waals surface area contributed by atoms with Crippen LogP contribution in [-0.4, -0.2) is 65.1 Å². The molecule has 0 radical (unpaired) electrons. The van der Waals surface area contributed by atoms with E-state index in [9.17, 15) is 4.79 Å². The lowest BCUT2D eigenvalue weighted by molar-refractivity contribution is -0.111. The Labute approximate surface area is 240 Å². The van der Waals surface area contributed by atoms with Crippen molar-refractivity contribution in [3.63, 3.8) is 0 Å². The van der Waals surface area contributed by atoms with Crippen LogP contribution < -0.4 is 30.3 Å². The molecule has 0 aromatic heterocycles. The number of anilines is 4. The van der Waals surface area contributed by atoms with Gasteiger partial charge >= 0.3 is 0 Å². The number of amides is 1. The van der Waals surface area contributed by atoms with Gasteiger partial charge in [-0.05, 0) is 45.3 Å². The highest BCUT2D eigenvalue weighted by molar-refractivity contribution is 6.37. The third kappa shape index (κ3) is 9.55. The number of aliphatic imine (C=N–C) groups is 1. The Kier molecular flexibility index (Phi) is 12.2. The van der Waals surface area contributed by atoms with E-state index in [1.807, 2.05) is 27.2 Å². The molecule has 3 N–H and O–H groups in total. The molecule has 2 aromatic carbocycles. The Morgan fingerprint density at radius 2 is 1.64 bits per heavy atom. The van der Waals surface area contributed by atoms with Gasteiger partial charge in [0.1, 0.15) is 17.3 Å². The average Bonchev–Trinajstić information content (AvgIpc) is 2.88. The predicted molar refractivity (Wildman–Crippen MR) is 165 cm³/mol. The van der Waals surface area contributed by atoms with Crippen molar-refractivity contribution >= 4 is 57.7 Å². The number of methoxy groups -OCH3 is 2. The number of carbonyl (C=O) groups excluding carboxylic acids is 1. The lowest BCUT2D eigenvalue weighted by Crippen LogP contribution is -2.29. The summed E-state index contributed by atoms with van der Waals surface area (Å²) in [6, 6.07) is 6.96. The number of amidine groups is 1. The summed E-state index contributed by atoms with van der Waals surface area (Å²) in [5.41, 5.74) is 3.20. The molecule has 11 heteroatoms. The molecule has 0 heterocycles. The first kappa shape index (κ1) is 31.6. The maximum Gasteiger partial charge on any atom is 0.247 e. The van der Waals surface area contributed by atoms with Gasteiger partial charge in [-0.15, -0.1) is 0 Å². The van der Waals surface area contributed by atoms with Crippen LogP contribution in [0.4, 0.5) is 22.7 Å². The summed E-state index contributed by atoms with van der Waals surface area (Å²) in [6.07, 6.45) is 4.51. The summed E-state index contributed by atoms with van der Waals surface area (Å²) in [5.74, 6) is 1.35. The van der Waals surface area contributed by atoms with E-state index in [1.165, 1.54) is 13.2 Å². The van der Waals surface area contributed by atoms with Gasteiger partial charge < -0.3 is 35.2 Å². The topological polar surface area (TPSA) is 90.5 Å². The van der Waals surface area contributed by atoms with E-state index < -0.39 is 0 Å². The largest absolute Gasteiger partial charge is 0.495 e. The first-order chi connectivity index (χ1) is 18.5. The van der Waals surface area contributed by atoms with E-state index in [2.05, 4.69) is 43.9 Å². The van der Waals surface area contributed by atoms with Gasteiger partial charge in [0.05, 0.1) is 47.0 Å². The number of likely N-dealkylation sites (N-methyl/N-ethyl adjacent to an activating group) is 2. The molecule has 39 heavy (non-hydrogen) atoms. The highest BCUT2D eigenvalue weighted by atomic mass is 35.5. The van der Waals surface area contributed by atoms with Crippen molar-refractivity contribution in [1.82, 2.24) is 4.90 Å². The number of hydrogen-bond acceptors (Lipinski definition) is 7. The second-order valence-corrected chi connectivity index (χ2v) is 9.57. The van der Waals surface area contributed by atoms with Crippen LogP contribution in [0, 0.1) is 0 Å². The molecule has 2 rings (SSSR count). The van der Waals surface area contributed by atoms with E-state index in [0.717, 1.165) is 18.8 Å². The van der Waals surface area contributed by atoms with Crippen molar-refractivity contribution in [2.75, 3.05) is 69.3 Å². The summed E-state index contributed by atoms with van der Waals surface area (Å²) >= 11 is 12.4. The Hall–Kier alpha value is -3.66. The molecule has 0 aliphatic carbocycles. The number of benzene rings is 2. The minimum absolute atomic E-state index is 0.314. The van der Waals surface area contributed by atoms with E-state index in [0.29, 0.717) is 50.1 Å². The van der Waals surface area contributed by atoms with Gasteiger partial charge in [-0.1, -0.05) is 36.4 Å². The third-order valence-corrected chi connectivity index (χ3v) is 6.06. The molecule has 0 bridgehead atoms. The van der Waals surface area contributed by atoms with Crippen molar-refractivity contribution in [3.05, 3.63) is 71.5 Å². The standard InChI is InChI=1S/C28H36Cl2N6O3/c1-9-28(37)34-23-15-24(27(39-8)17-25(23)36(6)13-12-35(4)5)33-19(3)31-11-10-18(2)32-22-16-26(38-7)21(30)14-20(22)29/h9-11,14-17,32H,1-2,12-13H2,3-8H3,(H,31,33)(H,34,37)/b11-10-. The monoisotopic (exact) mass is 574 g/mol. The molecular weight excluding hydrogens is 539 g/mol. The molecule has 0 saturated carbocycles. The van der Waals surface area contributed by atoms with E-state index in [1.54, 1.807) is 44.5 Å². The number of carbonyl (C=O) groups is 1. The van der Waals surface area contributed by atoms with Gasteiger partial charge in [0.15, 0.2) is 0 Å². The fraction of sp³-hybridized carbons (Fsp3) is 0.286. The summed E-state index contributed by atoms with van der Waals surface area (Å²) in [6.45, 7) is 10.9. The maximum atomic E-state index is 12.1. The lowest BCUT2D eigenvalue weighted by Gasteiger charge is -2.26. The molecule has 1 amide bonds. The molecule has 0 saturated heterocycles. The minimum Gasteiger partial charge on any atom is -0.495 e. The second kappa shape index (κ2) is 15.1.